The maximum Gasteiger partial charge on any atom is 0.242 e. The van der Waals surface area contributed by atoms with Gasteiger partial charge in [0.25, 0.3) is 0 Å². The van der Waals surface area contributed by atoms with Gasteiger partial charge in [0.1, 0.15) is 6.04 Å². The van der Waals surface area contributed by atoms with E-state index in [-0.39, 0.29) is 18.1 Å². The molecule has 1 aromatic carbocycles. The summed E-state index contributed by atoms with van der Waals surface area (Å²) in [6.45, 7) is 4.97. The molecule has 1 amide bonds. The van der Waals surface area contributed by atoms with Gasteiger partial charge in [0.2, 0.25) is 5.91 Å². The number of para-hydroxylation sites is 1. The first-order valence-corrected chi connectivity index (χ1v) is 7.69. The normalized spacial score (nSPS) is 29.4. The molecule has 3 atom stereocenters. The molecule has 1 unspecified atom stereocenters. The second-order valence-corrected chi connectivity index (χ2v) is 5.79. The van der Waals surface area contributed by atoms with Gasteiger partial charge in [-0.25, -0.2) is 0 Å². The van der Waals surface area contributed by atoms with Gasteiger partial charge in [-0.15, -0.1) is 0 Å². The van der Waals surface area contributed by atoms with Crippen molar-refractivity contribution in [3.63, 3.8) is 0 Å². The molecule has 21 heavy (non-hydrogen) atoms. The zero-order valence-corrected chi connectivity index (χ0v) is 12.4. The molecule has 5 heteroatoms. The first kappa shape index (κ1) is 14.4. The molecule has 2 aliphatic heterocycles. The SMILES string of the molecule is C[C@H]1OCCN[C@@H]1C(=O)N1CCC(Nc2ccccc2)C1. The summed E-state index contributed by atoms with van der Waals surface area (Å²) in [6, 6.07) is 10.3. The Labute approximate surface area is 125 Å². The molecule has 0 aromatic heterocycles. The molecule has 114 valence electrons. The van der Waals surface area contributed by atoms with E-state index in [1.807, 2.05) is 30.0 Å². The molecule has 0 spiro atoms. The zero-order valence-electron chi connectivity index (χ0n) is 12.4. The number of carbonyl (C=O) groups is 1. The van der Waals surface area contributed by atoms with Crippen LogP contribution < -0.4 is 10.6 Å². The van der Waals surface area contributed by atoms with Gasteiger partial charge < -0.3 is 20.3 Å². The van der Waals surface area contributed by atoms with Crippen LogP contribution in [-0.2, 0) is 9.53 Å². The number of nitrogens with one attached hydrogen (secondary N) is 2. The topological polar surface area (TPSA) is 53.6 Å². The van der Waals surface area contributed by atoms with Gasteiger partial charge in [0.05, 0.1) is 12.7 Å². The summed E-state index contributed by atoms with van der Waals surface area (Å²) >= 11 is 0. The summed E-state index contributed by atoms with van der Waals surface area (Å²) in [5.41, 5.74) is 1.12. The number of carbonyl (C=O) groups excluding carboxylic acids is 1. The summed E-state index contributed by atoms with van der Waals surface area (Å²) in [5, 5.41) is 6.77. The molecule has 2 N–H and O–H groups in total. The van der Waals surface area contributed by atoms with E-state index in [1.54, 1.807) is 0 Å². The average molecular weight is 289 g/mol. The van der Waals surface area contributed by atoms with Gasteiger partial charge in [0, 0.05) is 31.4 Å². The number of likely N-dealkylation sites (tertiary alicyclic amines) is 1. The van der Waals surface area contributed by atoms with Crippen molar-refractivity contribution < 1.29 is 9.53 Å². The van der Waals surface area contributed by atoms with Crippen molar-refractivity contribution in [3.05, 3.63) is 30.3 Å². The first-order valence-electron chi connectivity index (χ1n) is 7.69. The minimum atomic E-state index is -0.200. The molecule has 2 heterocycles. The Hall–Kier alpha value is -1.59. The molecule has 2 fully saturated rings. The molecule has 0 saturated carbocycles. The largest absolute Gasteiger partial charge is 0.380 e. The number of hydrogen-bond acceptors (Lipinski definition) is 4. The van der Waals surface area contributed by atoms with E-state index < -0.39 is 0 Å². The summed E-state index contributed by atoms with van der Waals surface area (Å²) < 4.78 is 5.57. The fourth-order valence-corrected chi connectivity index (χ4v) is 3.05. The number of hydrogen-bond donors (Lipinski definition) is 2. The number of nitrogens with zero attached hydrogens (tertiary/aromatic N) is 1. The summed E-state index contributed by atoms with van der Waals surface area (Å²) in [6.07, 6.45) is 0.940. The Morgan fingerprint density at radius 2 is 2.19 bits per heavy atom. The third-order valence-electron chi connectivity index (χ3n) is 4.23. The summed E-state index contributed by atoms with van der Waals surface area (Å²) in [4.78, 5) is 14.5. The van der Waals surface area contributed by atoms with Crippen molar-refractivity contribution in [1.29, 1.82) is 0 Å². The van der Waals surface area contributed by atoms with Gasteiger partial charge in [-0.3, -0.25) is 4.79 Å². The van der Waals surface area contributed by atoms with Crippen molar-refractivity contribution in [3.8, 4) is 0 Å². The standard InChI is InChI=1S/C16H23N3O2/c1-12-15(17-8-10-21-12)16(20)19-9-7-14(11-19)18-13-5-3-2-4-6-13/h2-6,12,14-15,17-18H,7-11H2,1H3/t12-,14?,15+/m1/s1. The van der Waals surface area contributed by atoms with Crippen molar-refractivity contribution in [2.24, 2.45) is 0 Å². The minimum Gasteiger partial charge on any atom is -0.380 e. The van der Waals surface area contributed by atoms with E-state index in [9.17, 15) is 4.79 Å². The highest BCUT2D eigenvalue weighted by Crippen LogP contribution is 2.18. The maximum absolute atomic E-state index is 12.6. The van der Waals surface area contributed by atoms with Crippen LogP contribution >= 0.6 is 0 Å². The van der Waals surface area contributed by atoms with Crippen LogP contribution in [0.1, 0.15) is 13.3 Å². The average Bonchev–Trinajstić information content (AvgIpc) is 2.97. The van der Waals surface area contributed by atoms with Crippen LogP contribution in [0.5, 0.6) is 0 Å². The molecule has 2 saturated heterocycles. The monoisotopic (exact) mass is 289 g/mol. The lowest BCUT2D eigenvalue weighted by Gasteiger charge is -2.32. The quantitative estimate of drug-likeness (QED) is 0.874. The smallest absolute Gasteiger partial charge is 0.242 e. The second kappa shape index (κ2) is 6.45. The molecule has 0 radical (unpaired) electrons. The summed E-state index contributed by atoms with van der Waals surface area (Å²) in [5.74, 6) is 0.166. The van der Waals surface area contributed by atoms with Crippen molar-refractivity contribution in [1.82, 2.24) is 10.2 Å². The van der Waals surface area contributed by atoms with Crippen LogP contribution in [0.2, 0.25) is 0 Å². The Balaban J connectivity index is 1.55. The number of ether oxygens (including phenoxy) is 1. The third kappa shape index (κ3) is 3.36. The fraction of sp³-hybridized carbons (Fsp3) is 0.562. The molecular formula is C16H23N3O2. The molecule has 2 aliphatic rings. The molecule has 3 rings (SSSR count). The Morgan fingerprint density at radius 1 is 1.38 bits per heavy atom. The fourth-order valence-electron chi connectivity index (χ4n) is 3.05. The number of amides is 1. The Morgan fingerprint density at radius 3 is 2.95 bits per heavy atom. The third-order valence-corrected chi connectivity index (χ3v) is 4.23. The van der Waals surface area contributed by atoms with E-state index in [1.165, 1.54) is 0 Å². The van der Waals surface area contributed by atoms with Crippen molar-refractivity contribution in [2.45, 2.75) is 31.5 Å². The van der Waals surface area contributed by atoms with Gasteiger partial charge in [-0.05, 0) is 25.5 Å². The number of benzene rings is 1. The second-order valence-electron chi connectivity index (χ2n) is 5.79. The van der Waals surface area contributed by atoms with Gasteiger partial charge in [0.15, 0.2) is 0 Å². The van der Waals surface area contributed by atoms with E-state index in [0.717, 1.165) is 31.7 Å². The predicted molar refractivity (Wildman–Crippen MR) is 82.3 cm³/mol. The van der Waals surface area contributed by atoms with Crippen LogP contribution in [0, 0.1) is 0 Å². The van der Waals surface area contributed by atoms with E-state index in [4.69, 9.17) is 4.74 Å². The maximum atomic E-state index is 12.6. The lowest BCUT2D eigenvalue weighted by Crippen LogP contribution is -2.56. The summed E-state index contributed by atoms with van der Waals surface area (Å²) in [7, 11) is 0. The predicted octanol–water partition coefficient (Wildman–Crippen LogP) is 1.08. The highest BCUT2D eigenvalue weighted by molar-refractivity contribution is 5.83. The molecule has 1 aromatic rings. The number of morpholine rings is 1. The highest BCUT2D eigenvalue weighted by atomic mass is 16.5. The Bertz CT molecular complexity index is 480. The van der Waals surface area contributed by atoms with Crippen molar-refractivity contribution >= 4 is 11.6 Å². The number of rotatable bonds is 3. The minimum absolute atomic E-state index is 0.0487. The molecular weight excluding hydrogens is 266 g/mol. The zero-order chi connectivity index (χ0) is 14.7. The first-order chi connectivity index (χ1) is 10.2. The molecule has 5 nitrogen and oxygen atoms in total. The Kier molecular flexibility index (Phi) is 4.41. The van der Waals surface area contributed by atoms with Gasteiger partial charge in [-0.1, -0.05) is 18.2 Å². The molecule has 0 bridgehead atoms. The van der Waals surface area contributed by atoms with Gasteiger partial charge >= 0.3 is 0 Å². The number of anilines is 1. The van der Waals surface area contributed by atoms with E-state index in [0.29, 0.717) is 12.6 Å². The highest BCUT2D eigenvalue weighted by Gasteiger charge is 2.35. The van der Waals surface area contributed by atoms with Crippen LogP contribution in [0.15, 0.2) is 30.3 Å². The lowest BCUT2D eigenvalue weighted by atomic mass is 10.1. The van der Waals surface area contributed by atoms with E-state index in [2.05, 4.69) is 22.8 Å². The van der Waals surface area contributed by atoms with Crippen LogP contribution in [-0.4, -0.2) is 55.2 Å². The van der Waals surface area contributed by atoms with Crippen LogP contribution in [0.3, 0.4) is 0 Å². The van der Waals surface area contributed by atoms with Gasteiger partial charge in [-0.2, -0.15) is 0 Å². The van der Waals surface area contributed by atoms with E-state index >= 15 is 0 Å². The molecule has 0 aliphatic carbocycles. The van der Waals surface area contributed by atoms with Crippen molar-refractivity contribution in [2.75, 3.05) is 31.6 Å². The van der Waals surface area contributed by atoms with Crippen LogP contribution in [0.4, 0.5) is 5.69 Å². The lowest BCUT2D eigenvalue weighted by molar-refractivity contribution is -0.138. The van der Waals surface area contributed by atoms with Crippen LogP contribution in [0.25, 0.3) is 0 Å².